The maximum absolute atomic E-state index is 17.0. The molecule has 8 aromatic rings. The fourth-order valence-electron chi connectivity index (χ4n) is 18.1. The molecular weight excluding hydrogens is 1470 g/mol. The Kier molecular flexibility index (Phi) is 21.4. The Labute approximate surface area is 661 Å². The number of ketones is 4. The fourth-order valence-corrected chi connectivity index (χ4v) is 21.0. The molecule has 4 fully saturated rings. The molecular formula is C91H102F2N4O14Si2. The van der Waals surface area contributed by atoms with E-state index in [9.17, 15) is 10.2 Å². The highest BCUT2D eigenvalue weighted by atomic mass is 28.4. The lowest BCUT2D eigenvalue weighted by Crippen LogP contribution is -2.68. The number of hydrogen-bond donors (Lipinski definition) is 4. The summed E-state index contributed by atoms with van der Waals surface area (Å²) in [6, 6.07) is 39.9. The Bertz CT molecular complexity index is 5060. The highest BCUT2D eigenvalue weighted by Gasteiger charge is 2.71. The Morgan fingerprint density at radius 2 is 0.876 bits per heavy atom. The first-order chi connectivity index (χ1) is 54.0. The van der Waals surface area contributed by atoms with Crippen LogP contribution in [0.2, 0.25) is 36.3 Å². The number of nitrogens with zero attached hydrogens (tertiary/aromatic N) is 2. The number of benzene rings is 6. The number of halogens is 2. The van der Waals surface area contributed by atoms with E-state index in [2.05, 4.69) is 43.0 Å². The first-order valence-electron chi connectivity index (χ1n) is 39.9. The molecule has 6 aromatic carbocycles. The summed E-state index contributed by atoms with van der Waals surface area (Å²) in [7, 11) is -5.89. The highest BCUT2D eigenvalue weighted by molar-refractivity contribution is 6.75. The monoisotopic (exact) mass is 1570 g/mol. The van der Waals surface area contributed by atoms with Gasteiger partial charge in [-0.1, -0.05) is 195 Å². The van der Waals surface area contributed by atoms with Crippen LogP contribution in [-0.4, -0.2) is 78.0 Å². The number of Topliss-reactive ketones (excluding diaryl/α,β-unsaturated/α-hetero) is 4. The van der Waals surface area contributed by atoms with Crippen molar-refractivity contribution in [1.29, 1.82) is 0 Å². The van der Waals surface area contributed by atoms with E-state index in [1.165, 1.54) is 0 Å². The van der Waals surface area contributed by atoms with Gasteiger partial charge in [0.15, 0.2) is 39.4 Å². The van der Waals surface area contributed by atoms with Gasteiger partial charge in [0, 0.05) is 40.7 Å². The van der Waals surface area contributed by atoms with Gasteiger partial charge in [-0.3, -0.25) is 19.2 Å². The second kappa shape index (κ2) is 30.7. The number of hydrogen-bond acceptors (Lipinski definition) is 18. The number of nitrogens with two attached hydrogens (primary N) is 1. The highest BCUT2D eigenvalue weighted by Crippen LogP contribution is 2.62. The third kappa shape index (κ3) is 14.0. The second-order valence-electron chi connectivity index (χ2n) is 35.0. The third-order valence-corrected chi connectivity index (χ3v) is 34.9. The maximum Gasteiger partial charge on any atom is 0.265 e. The van der Waals surface area contributed by atoms with Crippen molar-refractivity contribution in [3.8, 4) is 23.3 Å². The summed E-state index contributed by atoms with van der Waals surface area (Å²) in [6.07, 6.45) is 9.87. The van der Waals surface area contributed by atoms with Crippen LogP contribution < -0.4 is 30.0 Å². The Morgan fingerprint density at radius 3 is 1.26 bits per heavy atom. The summed E-state index contributed by atoms with van der Waals surface area (Å²) in [5.41, 5.74) is 8.57. The van der Waals surface area contributed by atoms with E-state index in [1.807, 2.05) is 168 Å². The lowest BCUT2D eigenvalue weighted by molar-refractivity contribution is -0.139. The number of ether oxygens (including phenoxy) is 4. The zero-order valence-corrected chi connectivity index (χ0v) is 68.1. The van der Waals surface area contributed by atoms with E-state index in [1.54, 1.807) is 18.2 Å². The van der Waals surface area contributed by atoms with Crippen LogP contribution in [0.4, 0.5) is 8.78 Å². The molecule has 113 heavy (non-hydrogen) atoms. The molecule has 4 saturated carbocycles. The van der Waals surface area contributed by atoms with Gasteiger partial charge in [0.2, 0.25) is 23.1 Å². The van der Waals surface area contributed by atoms with E-state index in [0.717, 1.165) is 73.6 Å². The first kappa shape index (κ1) is 78.8. The van der Waals surface area contributed by atoms with Gasteiger partial charge in [-0.25, -0.2) is 8.78 Å². The van der Waals surface area contributed by atoms with E-state index >= 15 is 28.0 Å². The van der Waals surface area contributed by atoms with Crippen molar-refractivity contribution in [2.24, 2.45) is 29.4 Å². The van der Waals surface area contributed by atoms with E-state index in [4.69, 9.17) is 42.6 Å². The number of fused-ring (bicyclic) bond motifs is 8. The third-order valence-electron chi connectivity index (χ3n) is 26.0. The smallest absolute Gasteiger partial charge is 0.265 e. The topological polar surface area (TPSA) is 254 Å². The molecule has 0 bridgehead atoms. The van der Waals surface area contributed by atoms with E-state index in [-0.39, 0.29) is 144 Å². The summed E-state index contributed by atoms with van der Waals surface area (Å²) in [4.78, 5) is 62.2. The summed E-state index contributed by atoms with van der Waals surface area (Å²) >= 11 is 0. The minimum atomic E-state index is -2.96. The molecule has 8 aliphatic carbocycles. The predicted molar refractivity (Wildman–Crippen MR) is 430 cm³/mol. The van der Waals surface area contributed by atoms with Crippen molar-refractivity contribution >= 4 is 51.3 Å². The molecule has 0 amide bonds. The SMILES string of the molecule is C=CCN[C@@H]1c2onc(OCc3ccccc3)c2C(=O)[C@@]2(O[Si](C)(C)C(C)(C)C)C(=O)C3=C(O)c4c(OCc5ccccc5)cc(C5CCCC5)c(F)c4C[C@H]3C[C@@H]12.CC(C)(C)[Si](C)(C)O[C@]12C(=O)C3=C(O)c4c(OCc5ccccc5)cc(C5CCCC5)c(F)c4C[C@H]3C[C@H]1[C@H](N)c1onc(OCc3ccccc3)c1C2=O. The molecule has 0 spiro atoms. The van der Waals surface area contributed by atoms with Crippen LogP contribution in [-0.2, 0) is 57.7 Å². The number of carbonyl (C=O) groups excluding carboxylic acids is 4. The normalized spacial score (nSPS) is 23.6. The van der Waals surface area contributed by atoms with Gasteiger partial charge in [0.05, 0.1) is 23.2 Å². The number of nitrogens with one attached hydrogen (secondary N) is 1. The average Bonchev–Trinajstić information content (AvgIpc) is 1.65. The summed E-state index contributed by atoms with van der Waals surface area (Å²) in [6.45, 7) is 25.0. The van der Waals surface area contributed by atoms with Crippen molar-refractivity contribution in [2.75, 3.05) is 6.54 Å². The molecule has 592 valence electrons. The minimum Gasteiger partial charge on any atom is -0.507 e. The number of carbonyl (C=O) groups is 4. The number of aromatic nitrogens is 2. The van der Waals surface area contributed by atoms with Crippen molar-refractivity contribution in [2.45, 2.75) is 216 Å². The summed E-state index contributed by atoms with van der Waals surface area (Å²) in [5, 5.41) is 36.0. The van der Waals surface area contributed by atoms with Crippen molar-refractivity contribution in [1.82, 2.24) is 15.6 Å². The van der Waals surface area contributed by atoms with Crippen LogP contribution in [0.3, 0.4) is 0 Å². The molecule has 2 heterocycles. The minimum absolute atomic E-state index is 0.0272. The quantitative estimate of drug-likeness (QED) is 0.0296. The maximum atomic E-state index is 17.0. The molecule has 18 nitrogen and oxygen atoms in total. The fraction of sp³-hybridized carbons (Fsp3) is 0.429. The summed E-state index contributed by atoms with van der Waals surface area (Å²) < 4.78 is 85.1. The molecule has 22 heteroatoms. The second-order valence-corrected chi connectivity index (χ2v) is 44.5. The molecule has 8 atom stereocenters. The zero-order chi connectivity index (χ0) is 79.8. The Balaban J connectivity index is 0.000000179. The van der Waals surface area contributed by atoms with Crippen molar-refractivity contribution in [3.63, 3.8) is 0 Å². The largest absolute Gasteiger partial charge is 0.507 e. The Hall–Kier alpha value is -9.43. The van der Waals surface area contributed by atoms with E-state index < -0.39 is 96.8 Å². The number of rotatable bonds is 21. The molecule has 16 rings (SSSR count). The number of aliphatic hydroxyl groups excluding tert-OH is 2. The predicted octanol–water partition coefficient (Wildman–Crippen LogP) is 19.5. The van der Waals surface area contributed by atoms with Crippen LogP contribution in [0.25, 0.3) is 11.5 Å². The molecule has 2 aromatic heterocycles. The van der Waals surface area contributed by atoms with Gasteiger partial charge in [0.1, 0.15) is 72.2 Å². The van der Waals surface area contributed by atoms with E-state index in [0.29, 0.717) is 40.3 Å². The molecule has 0 saturated heterocycles. The molecule has 5 N–H and O–H groups in total. The number of aliphatic hydroxyl groups is 2. The average molecular weight is 1570 g/mol. The van der Waals surface area contributed by atoms with Crippen molar-refractivity contribution in [3.05, 3.63) is 247 Å². The van der Waals surface area contributed by atoms with Gasteiger partial charge in [0.25, 0.3) is 11.8 Å². The van der Waals surface area contributed by atoms with Crippen LogP contribution in [0.5, 0.6) is 23.3 Å². The molecule has 8 aliphatic rings. The van der Waals surface area contributed by atoms with Crippen molar-refractivity contribution < 1.29 is 75.0 Å². The lowest BCUT2D eigenvalue weighted by atomic mass is 9.57. The lowest BCUT2D eigenvalue weighted by Gasteiger charge is -2.54. The standard InChI is InChI=1S/C47H53FN2O7Si.C44H49FN2O7Si/c1-7-22-49-40-34-24-31-23-33-37(35(54-26-28-16-10-8-11-17-28)25-32(39(33)48)30-20-14-15-21-30)41(51)36(31)43(52)47(34,57-58(5,6)46(2,3)4)44(53)38-42(40)56-50-45(38)55-27-29-18-12-9-13-19-29;1-43(2,3)55(4,5)54-44-31(37(46)39-35(41(44)50)42(47-53-39)52-24-26-16-10-7-11-17-26)21-28-20-30-34(38(48)33(28)40(44)49)32(51-23-25-14-8-6-9-15-25)22-29(36(30)45)27-18-12-13-19-27/h7-13,16-19,25,30-31,34,40,49,51H,1,14-15,20-24,26-27H2,2-6H3;6-11,14-17,22,27-28,31,37,48H,12-13,18-21,23-24,46H2,1-5H3/t31-,34-,40-,47-;28-,31-,37-,44-/m00/s1. The van der Waals surface area contributed by atoms with Crippen LogP contribution >= 0.6 is 0 Å². The van der Waals surface area contributed by atoms with Crippen LogP contribution in [0.15, 0.2) is 166 Å². The van der Waals surface area contributed by atoms with Gasteiger partial charge in [-0.2, -0.15) is 0 Å². The van der Waals surface area contributed by atoms with Gasteiger partial charge in [-0.05, 0) is 167 Å². The Morgan fingerprint density at radius 1 is 0.522 bits per heavy atom. The van der Waals surface area contributed by atoms with Gasteiger partial charge >= 0.3 is 0 Å². The van der Waals surface area contributed by atoms with Crippen LogP contribution in [0.1, 0.15) is 218 Å². The van der Waals surface area contributed by atoms with Crippen LogP contribution in [0, 0.1) is 35.3 Å². The first-order valence-corrected chi connectivity index (χ1v) is 45.7. The molecule has 0 unspecified atom stereocenters. The summed E-state index contributed by atoms with van der Waals surface area (Å²) in [5.74, 6) is -6.06. The zero-order valence-electron chi connectivity index (χ0n) is 66.1. The molecule has 0 radical (unpaired) electrons. The molecule has 0 aliphatic heterocycles. The van der Waals surface area contributed by atoms with Gasteiger partial charge in [-0.15, -0.1) is 6.58 Å². The van der Waals surface area contributed by atoms with Gasteiger partial charge < -0.3 is 58.1 Å².